The number of benzene rings is 2. The molecule has 0 unspecified atom stereocenters. The standard InChI is InChI=1S/C25H27ClN4O3/c1-25(2,3)30-22(17-7-5-4-6-8-17)12-21(28-30)23(31)27-20-10-9-16(11-19(20)26)13-29-14-18(15-29)24(32)33/h4-12,18H,13-15H2,1-3H3,(H,27,31)(H,32,33). The van der Waals surface area contributed by atoms with E-state index in [1.807, 2.05) is 66.8 Å². The zero-order chi connectivity index (χ0) is 23.8. The first kappa shape index (κ1) is 23.0. The molecule has 4 rings (SSSR count). The van der Waals surface area contributed by atoms with Crippen molar-refractivity contribution in [1.29, 1.82) is 0 Å². The molecule has 0 atom stereocenters. The number of nitrogens with one attached hydrogen (secondary N) is 1. The van der Waals surface area contributed by atoms with Gasteiger partial charge in [-0.1, -0.05) is 48.0 Å². The van der Waals surface area contributed by atoms with Gasteiger partial charge in [0.1, 0.15) is 0 Å². The van der Waals surface area contributed by atoms with E-state index in [2.05, 4.69) is 10.4 Å². The van der Waals surface area contributed by atoms with E-state index in [0.29, 0.717) is 36.0 Å². The third kappa shape index (κ3) is 5.10. The molecule has 2 aromatic carbocycles. The molecule has 172 valence electrons. The van der Waals surface area contributed by atoms with Gasteiger partial charge in [-0.05, 0) is 50.1 Å². The second kappa shape index (κ2) is 9.00. The number of anilines is 1. The van der Waals surface area contributed by atoms with Gasteiger partial charge in [0.2, 0.25) is 0 Å². The number of aliphatic carboxylic acids is 1. The molecule has 7 nitrogen and oxygen atoms in total. The van der Waals surface area contributed by atoms with Crippen LogP contribution in [-0.4, -0.2) is 44.8 Å². The van der Waals surface area contributed by atoms with Crippen molar-refractivity contribution < 1.29 is 14.7 Å². The summed E-state index contributed by atoms with van der Waals surface area (Å²) < 4.78 is 1.86. The van der Waals surface area contributed by atoms with Crippen LogP contribution in [0.5, 0.6) is 0 Å². The van der Waals surface area contributed by atoms with Crippen LogP contribution in [0.15, 0.2) is 54.6 Å². The Bertz CT molecular complexity index is 1180. The number of rotatable bonds is 6. The highest BCUT2D eigenvalue weighted by Gasteiger charge is 2.32. The van der Waals surface area contributed by atoms with E-state index in [1.54, 1.807) is 18.2 Å². The highest BCUT2D eigenvalue weighted by molar-refractivity contribution is 6.34. The molecule has 0 saturated carbocycles. The van der Waals surface area contributed by atoms with E-state index in [4.69, 9.17) is 16.7 Å². The van der Waals surface area contributed by atoms with E-state index in [1.165, 1.54) is 0 Å². The molecule has 0 bridgehead atoms. The third-order valence-electron chi connectivity index (χ3n) is 5.64. The molecule has 0 spiro atoms. The topological polar surface area (TPSA) is 87.5 Å². The number of carbonyl (C=O) groups excluding carboxylic acids is 1. The number of hydrogen-bond donors (Lipinski definition) is 2. The smallest absolute Gasteiger partial charge is 0.309 e. The van der Waals surface area contributed by atoms with Crippen LogP contribution in [0.3, 0.4) is 0 Å². The predicted molar refractivity (Wildman–Crippen MR) is 128 cm³/mol. The SMILES string of the molecule is CC(C)(C)n1nc(C(=O)Nc2ccc(CN3CC(C(=O)O)C3)cc2Cl)cc1-c1ccccc1. The van der Waals surface area contributed by atoms with Crippen LogP contribution in [0, 0.1) is 5.92 Å². The largest absolute Gasteiger partial charge is 0.481 e. The maximum atomic E-state index is 13.0. The van der Waals surface area contributed by atoms with Crippen molar-refractivity contribution >= 4 is 29.2 Å². The number of aromatic nitrogens is 2. The summed E-state index contributed by atoms with van der Waals surface area (Å²) in [6.07, 6.45) is 0. The van der Waals surface area contributed by atoms with Gasteiger partial charge in [0, 0.05) is 19.6 Å². The van der Waals surface area contributed by atoms with Gasteiger partial charge in [-0.25, -0.2) is 0 Å². The molecule has 3 aromatic rings. The molecule has 0 radical (unpaired) electrons. The first-order valence-electron chi connectivity index (χ1n) is 10.8. The molecule has 1 saturated heterocycles. The number of amides is 1. The summed E-state index contributed by atoms with van der Waals surface area (Å²) in [6, 6.07) is 17.1. The fourth-order valence-corrected chi connectivity index (χ4v) is 4.13. The van der Waals surface area contributed by atoms with E-state index >= 15 is 0 Å². The first-order valence-corrected chi connectivity index (χ1v) is 11.2. The Balaban J connectivity index is 1.49. The molecule has 2 N–H and O–H groups in total. The van der Waals surface area contributed by atoms with Gasteiger partial charge >= 0.3 is 5.97 Å². The number of carboxylic acid groups (broad SMARTS) is 1. The van der Waals surface area contributed by atoms with E-state index in [0.717, 1.165) is 16.8 Å². The Kier molecular flexibility index (Phi) is 6.28. The van der Waals surface area contributed by atoms with Crippen LogP contribution in [0.2, 0.25) is 5.02 Å². The minimum absolute atomic E-state index is 0.298. The molecule has 8 heteroatoms. The van der Waals surface area contributed by atoms with E-state index in [-0.39, 0.29) is 17.4 Å². The van der Waals surface area contributed by atoms with Crippen molar-refractivity contribution in [1.82, 2.24) is 14.7 Å². The predicted octanol–water partition coefficient (Wildman–Crippen LogP) is 4.73. The Morgan fingerprint density at radius 2 is 1.82 bits per heavy atom. The maximum Gasteiger partial charge on any atom is 0.309 e. The number of likely N-dealkylation sites (tertiary alicyclic amines) is 1. The molecule has 0 aliphatic carbocycles. The van der Waals surface area contributed by atoms with Gasteiger partial charge in [-0.15, -0.1) is 0 Å². The average molecular weight is 467 g/mol. The van der Waals surface area contributed by atoms with Crippen LogP contribution in [0.4, 0.5) is 5.69 Å². The maximum absolute atomic E-state index is 13.0. The Hall–Kier alpha value is -3.16. The summed E-state index contributed by atoms with van der Waals surface area (Å²) in [4.78, 5) is 26.0. The average Bonchev–Trinajstić information content (AvgIpc) is 3.19. The van der Waals surface area contributed by atoms with E-state index in [9.17, 15) is 9.59 Å². The second-order valence-corrected chi connectivity index (χ2v) is 9.77. The molecule has 1 fully saturated rings. The fraction of sp³-hybridized carbons (Fsp3) is 0.320. The minimum Gasteiger partial charge on any atom is -0.481 e. The lowest BCUT2D eigenvalue weighted by molar-refractivity contribution is -0.147. The van der Waals surface area contributed by atoms with Crippen molar-refractivity contribution in [3.8, 4) is 11.3 Å². The number of halogens is 1. The summed E-state index contributed by atoms with van der Waals surface area (Å²) in [5.41, 5.74) is 3.32. The summed E-state index contributed by atoms with van der Waals surface area (Å²) in [7, 11) is 0. The lowest BCUT2D eigenvalue weighted by Gasteiger charge is -2.36. The number of nitrogens with zero attached hydrogens (tertiary/aromatic N) is 3. The monoisotopic (exact) mass is 466 g/mol. The number of carbonyl (C=O) groups is 2. The Morgan fingerprint density at radius 1 is 1.12 bits per heavy atom. The number of carboxylic acids is 1. The lowest BCUT2D eigenvalue weighted by Crippen LogP contribution is -2.49. The van der Waals surface area contributed by atoms with Crippen molar-refractivity contribution in [3.05, 3.63) is 70.9 Å². The minimum atomic E-state index is -0.758. The molecular weight excluding hydrogens is 440 g/mol. The first-order chi connectivity index (χ1) is 15.6. The molecule has 1 aliphatic heterocycles. The van der Waals surface area contributed by atoms with Crippen molar-refractivity contribution in [3.63, 3.8) is 0 Å². The van der Waals surface area contributed by atoms with Gasteiger partial charge in [0.15, 0.2) is 5.69 Å². The fourth-order valence-electron chi connectivity index (χ4n) is 3.88. The summed E-state index contributed by atoms with van der Waals surface area (Å²) in [6.45, 7) is 7.81. The van der Waals surface area contributed by atoms with Crippen molar-refractivity contribution in [2.45, 2.75) is 32.9 Å². The van der Waals surface area contributed by atoms with Gasteiger partial charge < -0.3 is 10.4 Å². The number of hydrogen-bond acceptors (Lipinski definition) is 4. The summed E-state index contributed by atoms with van der Waals surface area (Å²) in [5.74, 6) is -1.39. The van der Waals surface area contributed by atoms with Crippen LogP contribution in [-0.2, 0) is 16.9 Å². The zero-order valence-corrected chi connectivity index (χ0v) is 19.6. The lowest BCUT2D eigenvalue weighted by atomic mass is 9.99. The highest BCUT2D eigenvalue weighted by Crippen LogP contribution is 2.29. The van der Waals surface area contributed by atoms with Crippen molar-refractivity contribution in [2.24, 2.45) is 5.92 Å². The van der Waals surface area contributed by atoms with Crippen LogP contribution >= 0.6 is 11.6 Å². The van der Waals surface area contributed by atoms with Crippen LogP contribution < -0.4 is 5.32 Å². The van der Waals surface area contributed by atoms with Gasteiger partial charge in [-0.3, -0.25) is 19.2 Å². The van der Waals surface area contributed by atoms with Crippen LogP contribution in [0.1, 0.15) is 36.8 Å². The van der Waals surface area contributed by atoms with Gasteiger partial charge in [-0.2, -0.15) is 5.10 Å². The molecule has 1 aromatic heterocycles. The third-order valence-corrected chi connectivity index (χ3v) is 5.95. The quantitative estimate of drug-likeness (QED) is 0.548. The highest BCUT2D eigenvalue weighted by atomic mass is 35.5. The van der Waals surface area contributed by atoms with Gasteiger partial charge in [0.05, 0.1) is 27.9 Å². The second-order valence-electron chi connectivity index (χ2n) is 9.36. The molecule has 33 heavy (non-hydrogen) atoms. The molecule has 1 aliphatic rings. The summed E-state index contributed by atoms with van der Waals surface area (Å²) >= 11 is 6.44. The summed E-state index contributed by atoms with van der Waals surface area (Å²) in [5, 5.41) is 16.9. The van der Waals surface area contributed by atoms with Gasteiger partial charge in [0.25, 0.3) is 5.91 Å². The van der Waals surface area contributed by atoms with Crippen molar-refractivity contribution in [2.75, 3.05) is 18.4 Å². The Labute approximate surface area is 198 Å². The molecular formula is C25H27ClN4O3. The zero-order valence-electron chi connectivity index (χ0n) is 18.9. The Morgan fingerprint density at radius 3 is 2.42 bits per heavy atom. The molecule has 2 heterocycles. The van der Waals surface area contributed by atoms with Crippen LogP contribution in [0.25, 0.3) is 11.3 Å². The normalized spacial score (nSPS) is 14.7. The molecule has 1 amide bonds. The van der Waals surface area contributed by atoms with E-state index < -0.39 is 5.97 Å².